The van der Waals surface area contributed by atoms with E-state index in [2.05, 4.69) is 53.0 Å². The van der Waals surface area contributed by atoms with Crippen LogP contribution in [0.5, 0.6) is 0 Å². The lowest BCUT2D eigenvalue weighted by Crippen LogP contribution is -2.02. The average Bonchev–Trinajstić information content (AvgIpc) is 2.64. The second kappa shape index (κ2) is 5.29. The van der Waals surface area contributed by atoms with Crippen molar-refractivity contribution in [2.24, 2.45) is 5.73 Å². The Bertz CT molecular complexity index is 534. The van der Waals surface area contributed by atoms with Crippen LogP contribution in [0, 0.1) is 13.8 Å². The fourth-order valence-corrected chi connectivity index (χ4v) is 3.41. The number of hydrogen-bond donors (Lipinski definition) is 1. The van der Waals surface area contributed by atoms with E-state index in [0.29, 0.717) is 6.54 Å². The first-order valence-electron chi connectivity index (χ1n) is 5.54. The third-order valence-corrected chi connectivity index (χ3v) is 4.40. The second-order valence-corrected chi connectivity index (χ2v) is 6.49. The molecule has 4 heteroatoms. The fraction of sp³-hybridized carbons (Fsp3) is 0.308. The minimum Gasteiger partial charge on any atom is -0.330 e. The number of thiazole rings is 1. The standard InChI is InChI=1S/C13H15BrN2S/c1-8-3-4-9(2)10(7-8)12-13(14)17-11(16-12)5-6-15/h3-4,7H,5-6,15H2,1-2H3. The summed E-state index contributed by atoms with van der Waals surface area (Å²) < 4.78 is 1.09. The number of nitrogens with two attached hydrogens (primary N) is 1. The van der Waals surface area contributed by atoms with Crippen LogP contribution in [0.4, 0.5) is 0 Å². The zero-order valence-electron chi connectivity index (χ0n) is 9.96. The molecule has 1 aromatic carbocycles. The Morgan fingerprint density at radius 3 is 2.82 bits per heavy atom. The maximum Gasteiger partial charge on any atom is 0.0979 e. The molecular formula is C13H15BrN2S. The normalized spacial score (nSPS) is 10.8. The van der Waals surface area contributed by atoms with Gasteiger partial charge in [0.05, 0.1) is 14.5 Å². The van der Waals surface area contributed by atoms with Crippen LogP contribution in [0.15, 0.2) is 22.0 Å². The van der Waals surface area contributed by atoms with Gasteiger partial charge < -0.3 is 5.73 Å². The predicted molar refractivity (Wildman–Crippen MR) is 77.5 cm³/mol. The molecule has 0 radical (unpaired) electrons. The molecule has 2 rings (SSSR count). The highest BCUT2D eigenvalue weighted by molar-refractivity contribution is 9.11. The molecule has 17 heavy (non-hydrogen) atoms. The van der Waals surface area contributed by atoms with Gasteiger partial charge in [0.15, 0.2) is 0 Å². The van der Waals surface area contributed by atoms with Crippen molar-refractivity contribution in [3.05, 3.63) is 38.1 Å². The molecule has 0 aliphatic rings. The highest BCUT2D eigenvalue weighted by atomic mass is 79.9. The van der Waals surface area contributed by atoms with Gasteiger partial charge in [-0.15, -0.1) is 11.3 Å². The molecule has 0 spiro atoms. The first kappa shape index (κ1) is 12.7. The smallest absolute Gasteiger partial charge is 0.0979 e. The third-order valence-electron chi connectivity index (χ3n) is 2.64. The molecule has 0 amide bonds. The quantitative estimate of drug-likeness (QED) is 0.939. The number of rotatable bonds is 3. The van der Waals surface area contributed by atoms with E-state index in [1.54, 1.807) is 11.3 Å². The van der Waals surface area contributed by atoms with Crippen LogP contribution in [0.25, 0.3) is 11.3 Å². The molecule has 2 nitrogen and oxygen atoms in total. The van der Waals surface area contributed by atoms with Crippen LogP contribution in [0.2, 0.25) is 0 Å². The van der Waals surface area contributed by atoms with Crippen LogP contribution in [0.3, 0.4) is 0 Å². The van der Waals surface area contributed by atoms with Crippen molar-refractivity contribution >= 4 is 27.3 Å². The van der Waals surface area contributed by atoms with Crippen molar-refractivity contribution in [2.45, 2.75) is 20.3 Å². The summed E-state index contributed by atoms with van der Waals surface area (Å²) in [6, 6.07) is 6.44. The Hall–Kier alpha value is -0.710. The SMILES string of the molecule is Cc1ccc(C)c(-c2nc(CCN)sc2Br)c1. The van der Waals surface area contributed by atoms with Gasteiger partial charge in [0, 0.05) is 12.0 Å². The molecule has 2 N–H and O–H groups in total. The molecule has 0 unspecified atom stereocenters. The van der Waals surface area contributed by atoms with Crippen molar-refractivity contribution in [1.29, 1.82) is 0 Å². The van der Waals surface area contributed by atoms with E-state index >= 15 is 0 Å². The van der Waals surface area contributed by atoms with Crippen molar-refractivity contribution in [1.82, 2.24) is 4.98 Å². The molecule has 2 aromatic rings. The molecule has 0 saturated carbocycles. The highest BCUT2D eigenvalue weighted by Gasteiger charge is 2.12. The van der Waals surface area contributed by atoms with E-state index in [4.69, 9.17) is 5.73 Å². The van der Waals surface area contributed by atoms with E-state index in [-0.39, 0.29) is 0 Å². The van der Waals surface area contributed by atoms with E-state index in [0.717, 1.165) is 20.9 Å². The van der Waals surface area contributed by atoms with Gasteiger partial charge in [0.25, 0.3) is 0 Å². The summed E-state index contributed by atoms with van der Waals surface area (Å²) in [5.41, 5.74) is 10.3. The van der Waals surface area contributed by atoms with Crippen LogP contribution in [-0.4, -0.2) is 11.5 Å². The molecular weight excluding hydrogens is 296 g/mol. The van der Waals surface area contributed by atoms with Crippen LogP contribution >= 0.6 is 27.3 Å². The second-order valence-electron chi connectivity index (χ2n) is 4.09. The third kappa shape index (κ3) is 2.76. The molecule has 1 heterocycles. The first-order chi connectivity index (χ1) is 8.11. The highest BCUT2D eigenvalue weighted by Crippen LogP contribution is 2.35. The number of benzene rings is 1. The average molecular weight is 311 g/mol. The summed E-state index contributed by atoms with van der Waals surface area (Å²) in [4.78, 5) is 4.66. The van der Waals surface area contributed by atoms with Crippen molar-refractivity contribution < 1.29 is 0 Å². The monoisotopic (exact) mass is 310 g/mol. The van der Waals surface area contributed by atoms with E-state index in [1.807, 2.05) is 0 Å². The molecule has 1 aromatic heterocycles. The zero-order chi connectivity index (χ0) is 12.4. The number of aromatic nitrogens is 1. The summed E-state index contributed by atoms with van der Waals surface area (Å²) in [6.45, 7) is 4.86. The number of halogens is 1. The summed E-state index contributed by atoms with van der Waals surface area (Å²) in [7, 11) is 0. The number of aryl methyl sites for hydroxylation is 2. The lowest BCUT2D eigenvalue weighted by molar-refractivity contribution is 0.954. The molecule has 0 aliphatic carbocycles. The Labute approximate surface area is 114 Å². The van der Waals surface area contributed by atoms with Gasteiger partial charge in [-0.2, -0.15) is 0 Å². The molecule has 0 saturated heterocycles. The zero-order valence-corrected chi connectivity index (χ0v) is 12.4. The van der Waals surface area contributed by atoms with Crippen molar-refractivity contribution in [3.63, 3.8) is 0 Å². The van der Waals surface area contributed by atoms with Crippen molar-refractivity contribution in [3.8, 4) is 11.3 Å². The molecule has 0 aliphatic heterocycles. The van der Waals surface area contributed by atoms with Gasteiger partial charge in [-0.25, -0.2) is 4.98 Å². The molecule has 0 bridgehead atoms. The van der Waals surface area contributed by atoms with E-state index in [9.17, 15) is 0 Å². The Kier molecular flexibility index (Phi) is 3.97. The minimum absolute atomic E-state index is 0.645. The van der Waals surface area contributed by atoms with Crippen LogP contribution in [-0.2, 0) is 6.42 Å². The lowest BCUT2D eigenvalue weighted by Gasteiger charge is -2.04. The van der Waals surface area contributed by atoms with Gasteiger partial charge in [0.2, 0.25) is 0 Å². The lowest BCUT2D eigenvalue weighted by atomic mass is 10.0. The largest absolute Gasteiger partial charge is 0.330 e. The van der Waals surface area contributed by atoms with E-state index in [1.165, 1.54) is 16.7 Å². The molecule has 0 fully saturated rings. The Morgan fingerprint density at radius 2 is 2.12 bits per heavy atom. The maximum atomic E-state index is 5.56. The fourth-order valence-electron chi connectivity index (χ4n) is 1.73. The van der Waals surface area contributed by atoms with E-state index < -0.39 is 0 Å². The maximum absolute atomic E-state index is 5.56. The van der Waals surface area contributed by atoms with Crippen LogP contribution in [0.1, 0.15) is 16.1 Å². The predicted octanol–water partition coefficient (Wildman–Crippen LogP) is 3.69. The molecule has 90 valence electrons. The molecule has 0 atom stereocenters. The summed E-state index contributed by atoms with van der Waals surface area (Å²) in [6.07, 6.45) is 0.841. The van der Waals surface area contributed by atoms with Gasteiger partial charge in [-0.1, -0.05) is 17.7 Å². The summed E-state index contributed by atoms with van der Waals surface area (Å²) >= 11 is 5.27. The Morgan fingerprint density at radius 1 is 1.35 bits per heavy atom. The summed E-state index contributed by atoms with van der Waals surface area (Å²) in [5.74, 6) is 0. The summed E-state index contributed by atoms with van der Waals surface area (Å²) in [5, 5.41) is 1.09. The number of nitrogens with zero attached hydrogens (tertiary/aromatic N) is 1. The Balaban J connectivity index is 2.48. The minimum atomic E-state index is 0.645. The van der Waals surface area contributed by atoms with Gasteiger partial charge >= 0.3 is 0 Å². The van der Waals surface area contributed by atoms with Gasteiger partial charge in [-0.05, 0) is 48.0 Å². The van der Waals surface area contributed by atoms with Crippen LogP contribution < -0.4 is 5.73 Å². The van der Waals surface area contributed by atoms with Gasteiger partial charge in [0.1, 0.15) is 0 Å². The topological polar surface area (TPSA) is 38.9 Å². The number of hydrogen-bond acceptors (Lipinski definition) is 3. The van der Waals surface area contributed by atoms with Gasteiger partial charge in [-0.3, -0.25) is 0 Å². The first-order valence-corrected chi connectivity index (χ1v) is 7.15. The van der Waals surface area contributed by atoms with Crippen molar-refractivity contribution in [2.75, 3.05) is 6.54 Å².